The molecule has 34 heavy (non-hydrogen) atoms. The van der Waals surface area contributed by atoms with Gasteiger partial charge in [0.25, 0.3) is 0 Å². The van der Waals surface area contributed by atoms with E-state index in [0.717, 1.165) is 28.6 Å². The van der Waals surface area contributed by atoms with Crippen molar-refractivity contribution in [3.63, 3.8) is 0 Å². The Balaban J connectivity index is 1.66. The molecule has 0 aliphatic carbocycles. The lowest BCUT2D eigenvalue weighted by Crippen LogP contribution is -2.39. The van der Waals surface area contributed by atoms with Gasteiger partial charge >= 0.3 is 0 Å². The van der Waals surface area contributed by atoms with Crippen molar-refractivity contribution in [2.24, 2.45) is 4.99 Å². The lowest BCUT2D eigenvalue weighted by Gasteiger charge is -2.16. The number of guanidine groups is 1. The molecule has 3 rings (SSSR count). The lowest BCUT2D eigenvalue weighted by molar-refractivity contribution is -0.0937. The van der Waals surface area contributed by atoms with Crippen molar-refractivity contribution in [2.75, 3.05) is 31.4 Å². The van der Waals surface area contributed by atoms with E-state index >= 15 is 0 Å². The molecule has 9 nitrogen and oxygen atoms in total. The normalized spacial score (nSPS) is 11.3. The molecule has 0 amide bonds. The molecule has 2 aromatic carbocycles. The minimum Gasteiger partial charge on any atom is -0.457 e. The predicted molar refractivity (Wildman–Crippen MR) is 138 cm³/mol. The van der Waals surface area contributed by atoms with Crippen LogP contribution in [0.25, 0.3) is 0 Å². The zero-order chi connectivity index (χ0) is 24.3. The van der Waals surface area contributed by atoms with Gasteiger partial charge in [-0.15, -0.1) is 0 Å². The van der Waals surface area contributed by atoms with Gasteiger partial charge in [-0.25, -0.2) is 15.0 Å². The number of para-hydroxylation sites is 1. The van der Waals surface area contributed by atoms with Crippen molar-refractivity contribution in [3.05, 3.63) is 72.1 Å². The highest BCUT2D eigenvalue weighted by molar-refractivity contribution is 7.80. The van der Waals surface area contributed by atoms with Crippen LogP contribution in [0.2, 0.25) is 0 Å². The number of nitrogens with zero attached hydrogens (tertiary/aromatic N) is 3. The van der Waals surface area contributed by atoms with Crippen molar-refractivity contribution < 1.29 is 14.2 Å². The number of methoxy groups -OCH3 is 2. The standard InChI is InChI=1S/C24H28N6O3S/c1-16-14-17(2)27-23(26-16)29-22(25-15-21(31-3)32-4)30-24(34)28-18-10-12-20(13-11-18)33-19-8-6-5-7-9-19/h5-14,21H,15H2,1-4H3,(H3,25,26,27,28,29,30,34). The fourth-order valence-corrected chi connectivity index (χ4v) is 3.12. The smallest absolute Gasteiger partial charge is 0.229 e. The Kier molecular flexibility index (Phi) is 9.27. The first kappa shape index (κ1) is 25.0. The van der Waals surface area contributed by atoms with Gasteiger partial charge in [-0.3, -0.25) is 5.32 Å². The van der Waals surface area contributed by atoms with Crippen LogP contribution in [0, 0.1) is 13.8 Å². The Morgan fingerprint density at radius 2 is 1.53 bits per heavy atom. The van der Waals surface area contributed by atoms with Crippen LogP contribution in [-0.4, -0.2) is 48.1 Å². The first-order chi connectivity index (χ1) is 16.4. The van der Waals surface area contributed by atoms with E-state index in [1.807, 2.05) is 74.5 Å². The van der Waals surface area contributed by atoms with E-state index in [2.05, 4.69) is 30.9 Å². The van der Waals surface area contributed by atoms with E-state index in [1.54, 1.807) is 14.2 Å². The van der Waals surface area contributed by atoms with Gasteiger partial charge in [0.15, 0.2) is 11.4 Å². The number of hydrogen-bond donors (Lipinski definition) is 3. The summed E-state index contributed by atoms with van der Waals surface area (Å²) in [4.78, 5) is 13.3. The maximum Gasteiger partial charge on any atom is 0.229 e. The minimum atomic E-state index is -0.502. The number of thiocarbonyl (C=S) groups is 1. The highest BCUT2D eigenvalue weighted by Gasteiger charge is 2.10. The van der Waals surface area contributed by atoms with Crippen LogP contribution in [0.4, 0.5) is 11.6 Å². The van der Waals surface area contributed by atoms with Gasteiger partial charge in [0, 0.05) is 31.3 Å². The molecule has 0 aliphatic rings. The van der Waals surface area contributed by atoms with Gasteiger partial charge in [-0.2, -0.15) is 0 Å². The molecule has 3 aromatic rings. The molecule has 0 saturated carbocycles. The van der Waals surface area contributed by atoms with Gasteiger partial charge < -0.3 is 24.8 Å². The molecule has 0 aliphatic heterocycles. The highest BCUT2D eigenvalue weighted by atomic mass is 32.1. The summed E-state index contributed by atoms with van der Waals surface area (Å²) in [6, 6.07) is 18.9. The summed E-state index contributed by atoms with van der Waals surface area (Å²) in [6.07, 6.45) is -0.502. The molecule has 0 saturated heterocycles. The zero-order valence-corrected chi connectivity index (χ0v) is 20.3. The molecule has 10 heteroatoms. The molecule has 1 aromatic heterocycles. The molecule has 1 heterocycles. The molecule has 0 fully saturated rings. The number of hydrogen-bond acceptors (Lipinski definition) is 7. The van der Waals surface area contributed by atoms with Crippen LogP contribution in [-0.2, 0) is 9.47 Å². The number of aromatic nitrogens is 2. The zero-order valence-electron chi connectivity index (χ0n) is 19.5. The molecule has 178 valence electrons. The van der Waals surface area contributed by atoms with E-state index < -0.39 is 6.29 Å². The van der Waals surface area contributed by atoms with E-state index in [1.165, 1.54) is 0 Å². The summed E-state index contributed by atoms with van der Waals surface area (Å²) in [5.74, 6) is 2.24. The SMILES string of the molecule is COC(CN=C(NC(=S)Nc1ccc(Oc2ccccc2)cc1)Nc1nc(C)cc(C)n1)OC. The predicted octanol–water partition coefficient (Wildman–Crippen LogP) is 4.26. The number of aliphatic imine (C=N–C) groups is 1. The second kappa shape index (κ2) is 12.6. The number of ether oxygens (including phenoxy) is 3. The number of aryl methyl sites for hydroxylation is 2. The third kappa shape index (κ3) is 8.07. The molecule has 0 spiro atoms. The monoisotopic (exact) mass is 480 g/mol. The number of benzene rings is 2. The summed E-state index contributed by atoms with van der Waals surface area (Å²) < 4.78 is 16.3. The molecule has 0 atom stereocenters. The van der Waals surface area contributed by atoms with Gasteiger partial charge in [0.05, 0.1) is 6.54 Å². The minimum absolute atomic E-state index is 0.237. The van der Waals surface area contributed by atoms with Crippen LogP contribution in [0.5, 0.6) is 11.5 Å². The van der Waals surface area contributed by atoms with Gasteiger partial charge in [-0.05, 0) is 68.5 Å². The Labute approximate surface area is 204 Å². The third-order valence-corrected chi connectivity index (χ3v) is 4.66. The molecule has 3 N–H and O–H groups in total. The Bertz CT molecular complexity index is 1090. The summed E-state index contributed by atoms with van der Waals surface area (Å²) in [5, 5.41) is 9.58. The van der Waals surface area contributed by atoms with Crippen LogP contribution in [0.3, 0.4) is 0 Å². The first-order valence-corrected chi connectivity index (χ1v) is 11.0. The molecule has 0 bridgehead atoms. The number of rotatable bonds is 8. The Morgan fingerprint density at radius 1 is 0.912 bits per heavy atom. The molecular formula is C24H28N6O3S. The maximum atomic E-state index is 5.82. The Morgan fingerprint density at radius 3 is 2.15 bits per heavy atom. The number of anilines is 2. The number of nitrogens with one attached hydrogen (secondary N) is 3. The first-order valence-electron chi connectivity index (χ1n) is 10.6. The van der Waals surface area contributed by atoms with Gasteiger partial charge in [0.2, 0.25) is 11.9 Å². The van der Waals surface area contributed by atoms with Crippen LogP contribution in [0.15, 0.2) is 65.7 Å². The second-order valence-corrected chi connectivity index (χ2v) is 7.62. The summed E-state index contributed by atoms with van der Waals surface area (Å²) >= 11 is 5.48. The summed E-state index contributed by atoms with van der Waals surface area (Å²) in [6.45, 7) is 4.03. The molecule has 0 radical (unpaired) electrons. The average Bonchev–Trinajstić information content (AvgIpc) is 2.81. The van der Waals surface area contributed by atoms with E-state index in [0.29, 0.717) is 17.0 Å². The van der Waals surface area contributed by atoms with E-state index in [4.69, 9.17) is 26.4 Å². The second-order valence-electron chi connectivity index (χ2n) is 7.21. The lowest BCUT2D eigenvalue weighted by atomic mass is 10.3. The van der Waals surface area contributed by atoms with Gasteiger partial charge in [-0.1, -0.05) is 18.2 Å². The van der Waals surface area contributed by atoms with Crippen molar-refractivity contribution in [3.8, 4) is 11.5 Å². The van der Waals surface area contributed by atoms with Crippen LogP contribution >= 0.6 is 12.2 Å². The van der Waals surface area contributed by atoms with E-state index in [-0.39, 0.29) is 6.54 Å². The van der Waals surface area contributed by atoms with Crippen LogP contribution < -0.4 is 20.7 Å². The fourth-order valence-electron chi connectivity index (χ4n) is 2.91. The topological polar surface area (TPSA) is 102 Å². The summed E-state index contributed by atoms with van der Waals surface area (Å²) in [7, 11) is 3.10. The molecular weight excluding hydrogens is 452 g/mol. The average molecular weight is 481 g/mol. The summed E-state index contributed by atoms with van der Waals surface area (Å²) in [5.41, 5.74) is 2.45. The van der Waals surface area contributed by atoms with Gasteiger partial charge in [0.1, 0.15) is 11.5 Å². The third-order valence-electron chi connectivity index (χ3n) is 4.46. The van der Waals surface area contributed by atoms with E-state index in [9.17, 15) is 0 Å². The van der Waals surface area contributed by atoms with Crippen molar-refractivity contribution in [2.45, 2.75) is 20.1 Å². The van der Waals surface area contributed by atoms with Crippen molar-refractivity contribution >= 4 is 34.9 Å². The van der Waals surface area contributed by atoms with Crippen molar-refractivity contribution in [1.82, 2.24) is 15.3 Å². The Hall–Kier alpha value is -3.60. The van der Waals surface area contributed by atoms with Crippen LogP contribution in [0.1, 0.15) is 11.4 Å². The molecule has 0 unspecified atom stereocenters. The highest BCUT2D eigenvalue weighted by Crippen LogP contribution is 2.22. The maximum absolute atomic E-state index is 5.82. The largest absolute Gasteiger partial charge is 0.457 e. The quantitative estimate of drug-likeness (QED) is 0.189. The van der Waals surface area contributed by atoms with Crippen molar-refractivity contribution in [1.29, 1.82) is 0 Å². The fraction of sp³-hybridized carbons (Fsp3) is 0.250.